The topological polar surface area (TPSA) is 89.3 Å². The first-order valence-electron chi connectivity index (χ1n) is 13.2. The predicted octanol–water partition coefficient (Wildman–Crippen LogP) is 5.29. The molecule has 9 heteroatoms. The molecule has 39 heavy (non-hydrogen) atoms. The minimum Gasteiger partial charge on any atom is -0.350 e. The molecule has 2 amide bonds. The number of likely N-dealkylation sites (tertiary alicyclic amines) is 2. The van der Waals surface area contributed by atoms with Gasteiger partial charge in [-0.25, -0.2) is 8.78 Å². The monoisotopic (exact) mass is 532 g/mol. The molecule has 7 nitrogen and oxygen atoms in total. The van der Waals surface area contributed by atoms with E-state index < -0.39 is 23.0 Å². The molecule has 2 saturated heterocycles. The van der Waals surface area contributed by atoms with Gasteiger partial charge in [-0.1, -0.05) is 45.0 Å². The second-order valence-corrected chi connectivity index (χ2v) is 11.8. The number of para-hydroxylation sites is 2. The molecule has 2 bridgehead atoms. The van der Waals surface area contributed by atoms with Gasteiger partial charge < -0.3 is 19.8 Å². The summed E-state index contributed by atoms with van der Waals surface area (Å²) in [7, 11) is 0. The highest BCUT2D eigenvalue weighted by Crippen LogP contribution is 2.38. The lowest BCUT2D eigenvalue weighted by Gasteiger charge is -2.39. The molecule has 2 N–H and O–H groups in total. The molecule has 0 unspecified atom stereocenters. The van der Waals surface area contributed by atoms with Crippen LogP contribution in [-0.4, -0.2) is 62.5 Å². The van der Waals surface area contributed by atoms with E-state index in [0.717, 1.165) is 0 Å². The number of halogens is 2. The summed E-state index contributed by atoms with van der Waals surface area (Å²) in [4.78, 5) is 49.7. The number of aromatic nitrogens is 2. The first-order chi connectivity index (χ1) is 18.5. The number of H-pyrrole nitrogens is 2. The summed E-state index contributed by atoms with van der Waals surface area (Å²) in [6, 6.07) is 12.4. The second kappa shape index (κ2) is 9.03. The van der Waals surface area contributed by atoms with Crippen LogP contribution in [-0.2, 0) is 4.79 Å². The number of benzene rings is 2. The van der Waals surface area contributed by atoms with E-state index in [1.807, 2.05) is 25.7 Å². The Labute approximate surface area is 224 Å². The minimum atomic E-state index is -0.582. The number of aromatic amines is 2. The van der Waals surface area contributed by atoms with Crippen molar-refractivity contribution in [3.8, 4) is 0 Å². The van der Waals surface area contributed by atoms with Crippen molar-refractivity contribution in [3.05, 3.63) is 71.6 Å². The van der Waals surface area contributed by atoms with Crippen LogP contribution in [0.5, 0.6) is 0 Å². The van der Waals surface area contributed by atoms with Crippen LogP contribution in [0.1, 0.15) is 54.6 Å². The van der Waals surface area contributed by atoms with E-state index in [2.05, 4.69) is 9.97 Å². The van der Waals surface area contributed by atoms with Gasteiger partial charge in [0.1, 0.15) is 17.3 Å². The Balaban J connectivity index is 1.17. The molecule has 2 aliphatic heterocycles. The van der Waals surface area contributed by atoms with E-state index in [1.54, 1.807) is 41.3 Å². The minimum absolute atomic E-state index is 0.00602. The molecule has 202 valence electrons. The third kappa shape index (κ3) is 4.30. The summed E-state index contributed by atoms with van der Waals surface area (Å²) in [5, 5.41) is 1.24. The third-order valence-electron chi connectivity index (χ3n) is 8.26. The molecular weight excluding hydrogens is 502 g/mol. The fraction of sp³-hybridized carbons (Fsp3) is 0.367. The maximum Gasteiger partial charge on any atom is 0.270 e. The van der Waals surface area contributed by atoms with E-state index in [-0.39, 0.29) is 47.3 Å². The molecule has 2 aromatic carbocycles. The van der Waals surface area contributed by atoms with Crippen LogP contribution in [0.4, 0.5) is 8.78 Å². The lowest BCUT2D eigenvalue weighted by molar-refractivity contribution is -0.141. The summed E-state index contributed by atoms with van der Waals surface area (Å²) in [5.74, 6) is -1.98. The van der Waals surface area contributed by atoms with Gasteiger partial charge in [0.25, 0.3) is 5.91 Å². The maximum atomic E-state index is 14.2. The van der Waals surface area contributed by atoms with E-state index in [4.69, 9.17) is 0 Å². The van der Waals surface area contributed by atoms with Crippen molar-refractivity contribution in [3.63, 3.8) is 0 Å². The highest BCUT2D eigenvalue weighted by atomic mass is 19.1. The molecule has 4 aromatic rings. The molecule has 6 rings (SSSR count). The van der Waals surface area contributed by atoms with Crippen LogP contribution in [0.3, 0.4) is 0 Å². The first-order valence-corrected chi connectivity index (χ1v) is 13.2. The molecule has 2 fully saturated rings. The molecule has 2 aromatic heterocycles. The number of nitrogens with zero attached hydrogens (tertiary/aromatic N) is 2. The number of Topliss-reactive ketones (excluding diaryl/α,β-unsaturated/α-hetero) is 1. The van der Waals surface area contributed by atoms with Gasteiger partial charge in [0.2, 0.25) is 5.91 Å². The summed E-state index contributed by atoms with van der Waals surface area (Å²) in [6.07, 6.45) is 0.659. The maximum absolute atomic E-state index is 14.2. The largest absolute Gasteiger partial charge is 0.350 e. The van der Waals surface area contributed by atoms with Crippen molar-refractivity contribution in [2.45, 2.75) is 45.7 Å². The smallest absolute Gasteiger partial charge is 0.270 e. The number of piperazine rings is 1. The summed E-state index contributed by atoms with van der Waals surface area (Å²) < 4.78 is 28.3. The van der Waals surface area contributed by atoms with Crippen molar-refractivity contribution >= 4 is 39.4 Å². The van der Waals surface area contributed by atoms with Gasteiger partial charge in [0.05, 0.1) is 34.7 Å². The van der Waals surface area contributed by atoms with Crippen molar-refractivity contribution in [2.24, 2.45) is 11.3 Å². The zero-order valence-electron chi connectivity index (χ0n) is 22.1. The average Bonchev–Trinajstić information content (AvgIpc) is 3.68. The van der Waals surface area contributed by atoms with Gasteiger partial charge in [-0.2, -0.15) is 0 Å². The Bertz CT molecular complexity index is 1630. The van der Waals surface area contributed by atoms with Crippen molar-refractivity contribution in [2.75, 3.05) is 13.1 Å². The highest BCUT2D eigenvalue weighted by Gasteiger charge is 2.50. The number of nitrogens with one attached hydrogen (secondary N) is 2. The number of carbonyl (C=O) groups excluding carboxylic acids is 3. The van der Waals surface area contributed by atoms with Crippen LogP contribution in [0.2, 0.25) is 0 Å². The Hall–Kier alpha value is -4.01. The quantitative estimate of drug-likeness (QED) is 0.343. The molecule has 3 atom stereocenters. The van der Waals surface area contributed by atoms with Crippen molar-refractivity contribution in [1.29, 1.82) is 0 Å². The van der Waals surface area contributed by atoms with Gasteiger partial charge in [-0.15, -0.1) is 0 Å². The SMILES string of the molecule is CC(C)(C)[C@H](CC(=O)c1cc2cccc(F)c2[nH]1)C(=O)N1C[C@@H]2C[C@H]1CN2C(=O)c1cc2cccc(F)c2[nH]1. The van der Waals surface area contributed by atoms with Gasteiger partial charge in [0, 0.05) is 30.3 Å². The number of hydrogen-bond acceptors (Lipinski definition) is 3. The predicted molar refractivity (Wildman–Crippen MR) is 143 cm³/mol. The lowest BCUT2D eigenvalue weighted by Crippen LogP contribution is -2.53. The second-order valence-electron chi connectivity index (χ2n) is 11.8. The molecule has 0 saturated carbocycles. The Morgan fingerprint density at radius 3 is 1.95 bits per heavy atom. The Morgan fingerprint density at radius 1 is 0.872 bits per heavy atom. The molecule has 4 heterocycles. The average molecular weight is 533 g/mol. The fourth-order valence-corrected chi connectivity index (χ4v) is 6.10. The van der Waals surface area contributed by atoms with E-state index in [1.165, 1.54) is 12.1 Å². The Morgan fingerprint density at radius 2 is 1.41 bits per heavy atom. The fourth-order valence-electron chi connectivity index (χ4n) is 6.10. The third-order valence-corrected chi connectivity index (χ3v) is 8.26. The normalized spacial score (nSPS) is 19.8. The van der Waals surface area contributed by atoms with Crippen molar-refractivity contribution < 1.29 is 23.2 Å². The van der Waals surface area contributed by atoms with Gasteiger partial charge in [0.15, 0.2) is 5.78 Å². The van der Waals surface area contributed by atoms with Gasteiger partial charge >= 0.3 is 0 Å². The van der Waals surface area contributed by atoms with Crippen LogP contribution in [0.15, 0.2) is 48.5 Å². The van der Waals surface area contributed by atoms with Gasteiger partial charge in [-0.05, 0) is 36.1 Å². The van der Waals surface area contributed by atoms with Gasteiger partial charge in [-0.3, -0.25) is 14.4 Å². The summed E-state index contributed by atoms with van der Waals surface area (Å²) in [5.41, 5.74) is 0.701. The number of carbonyl (C=O) groups is 3. The number of ketones is 1. The molecule has 0 spiro atoms. The number of amides is 2. The molecular formula is C30H30F2N4O3. The first kappa shape index (κ1) is 25.3. The number of hydrogen-bond donors (Lipinski definition) is 2. The number of fused-ring (bicyclic) bond motifs is 4. The van der Waals surface area contributed by atoms with Crippen LogP contribution >= 0.6 is 0 Å². The van der Waals surface area contributed by atoms with E-state index >= 15 is 0 Å². The number of rotatable bonds is 5. The van der Waals surface area contributed by atoms with E-state index in [9.17, 15) is 23.2 Å². The standard InChI is InChI=1S/C30H30F2N4O3/c1-30(2,3)20(13-25(37)23-10-16-6-4-8-21(31)26(16)33-23)28(38)35-14-19-12-18(35)15-36(19)29(39)24-11-17-7-5-9-22(32)27(17)34-24/h4-11,18-20,33-34H,12-15H2,1-3H3/t18-,19-,20+/m0/s1. The Kier molecular flexibility index (Phi) is 5.86. The zero-order chi connectivity index (χ0) is 27.6. The zero-order valence-corrected chi connectivity index (χ0v) is 22.1. The van der Waals surface area contributed by atoms with Crippen molar-refractivity contribution in [1.82, 2.24) is 19.8 Å². The molecule has 2 aliphatic rings. The lowest BCUT2D eigenvalue weighted by atomic mass is 9.76. The van der Waals surface area contributed by atoms with Crippen LogP contribution < -0.4 is 0 Å². The molecule has 0 radical (unpaired) electrons. The summed E-state index contributed by atoms with van der Waals surface area (Å²) in [6.45, 7) is 6.59. The van der Waals surface area contributed by atoms with Crippen LogP contribution in [0, 0.1) is 23.0 Å². The van der Waals surface area contributed by atoms with E-state index in [0.29, 0.717) is 41.5 Å². The highest BCUT2D eigenvalue weighted by molar-refractivity contribution is 6.02. The summed E-state index contributed by atoms with van der Waals surface area (Å²) >= 11 is 0. The van der Waals surface area contributed by atoms with Crippen LogP contribution in [0.25, 0.3) is 21.8 Å². The molecule has 0 aliphatic carbocycles.